The highest BCUT2D eigenvalue weighted by molar-refractivity contribution is 5.94. The molecule has 1 saturated heterocycles. The molecule has 2 aromatic rings. The van der Waals surface area contributed by atoms with Crippen molar-refractivity contribution in [1.82, 2.24) is 14.7 Å². The Hall–Kier alpha value is -2.63. The Morgan fingerprint density at radius 3 is 2.38 bits per heavy atom. The van der Waals surface area contributed by atoms with Gasteiger partial charge in [0.05, 0.1) is 6.04 Å². The van der Waals surface area contributed by atoms with Crippen LogP contribution in [-0.4, -0.2) is 65.4 Å². The van der Waals surface area contributed by atoms with E-state index in [2.05, 4.69) is 54.5 Å². The number of nitrogens with zero attached hydrogens (tertiary/aromatic N) is 3. The number of benzene rings is 2. The van der Waals surface area contributed by atoms with Crippen LogP contribution in [-0.2, 0) is 0 Å². The summed E-state index contributed by atoms with van der Waals surface area (Å²) in [4.78, 5) is 19.7. The van der Waals surface area contributed by atoms with Gasteiger partial charge in [0, 0.05) is 56.1 Å². The lowest BCUT2D eigenvalue weighted by Crippen LogP contribution is -2.57. The number of hydrogen-bond acceptors (Lipinski definition) is 4. The minimum Gasteiger partial charge on any atom is -0.399 e. The molecule has 0 saturated carbocycles. The fourth-order valence-electron chi connectivity index (χ4n) is 4.81. The maximum Gasteiger partial charge on any atom is 0.253 e. The van der Waals surface area contributed by atoms with Gasteiger partial charge in [-0.2, -0.15) is 0 Å². The van der Waals surface area contributed by atoms with Gasteiger partial charge in [-0.1, -0.05) is 30.3 Å². The van der Waals surface area contributed by atoms with Crippen LogP contribution in [0.4, 0.5) is 5.69 Å². The molecule has 1 aliphatic heterocycles. The number of anilines is 1. The summed E-state index contributed by atoms with van der Waals surface area (Å²) < 4.78 is 0. The molecule has 5 nitrogen and oxygen atoms in total. The zero-order chi connectivity index (χ0) is 23.3. The van der Waals surface area contributed by atoms with E-state index < -0.39 is 0 Å². The third-order valence-corrected chi connectivity index (χ3v) is 6.61. The SMILES string of the molecule is C=CCN1CC(C)N(C(c2ccc(C(=O)N(CC)CC)cc2)c2cccc(N)c2)CC1C. The van der Waals surface area contributed by atoms with Gasteiger partial charge in [0.2, 0.25) is 0 Å². The maximum atomic E-state index is 12.8. The molecule has 172 valence electrons. The van der Waals surface area contributed by atoms with Crippen LogP contribution in [0.1, 0.15) is 55.2 Å². The standard InChI is InChI=1S/C27H38N4O/c1-6-16-30-18-21(5)31(19-20(30)4)26(24-10-9-11-25(28)17-24)22-12-14-23(15-13-22)27(32)29(7-2)8-3/h6,9-15,17,20-21,26H,1,7-8,16,18-19,28H2,2-5H3. The highest BCUT2D eigenvalue weighted by Crippen LogP contribution is 2.34. The first-order valence-electron chi connectivity index (χ1n) is 11.7. The van der Waals surface area contributed by atoms with Crippen LogP contribution in [0.5, 0.6) is 0 Å². The average molecular weight is 435 g/mol. The molecule has 0 radical (unpaired) electrons. The third-order valence-electron chi connectivity index (χ3n) is 6.61. The molecule has 0 aromatic heterocycles. The molecule has 0 aliphatic carbocycles. The summed E-state index contributed by atoms with van der Waals surface area (Å²) >= 11 is 0. The second-order valence-corrected chi connectivity index (χ2v) is 8.81. The molecule has 1 heterocycles. The zero-order valence-corrected chi connectivity index (χ0v) is 20.0. The first kappa shape index (κ1) is 24.0. The lowest BCUT2D eigenvalue weighted by molar-refractivity contribution is 0.0307. The molecule has 1 fully saturated rings. The predicted octanol–water partition coefficient (Wildman–Crippen LogP) is 4.42. The van der Waals surface area contributed by atoms with Gasteiger partial charge in [-0.25, -0.2) is 0 Å². The first-order chi connectivity index (χ1) is 15.4. The summed E-state index contributed by atoms with van der Waals surface area (Å²) in [5.41, 5.74) is 10.0. The number of carbonyl (C=O) groups excluding carboxylic acids is 1. The Bertz CT molecular complexity index is 906. The van der Waals surface area contributed by atoms with Crippen molar-refractivity contribution in [1.29, 1.82) is 0 Å². The van der Waals surface area contributed by atoms with Crippen molar-refractivity contribution in [3.63, 3.8) is 0 Å². The minimum atomic E-state index is 0.0828. The molecule has 0 bridgehead atoms. The van der Waals surface area contributed by atoms with E-state index in [4.69, 9.17) is 5.73 Å². The van der Waals surface area contributed by atoms with Gasteiger partial charge in [0.25, 0.3) is 5.91 Å². The lowest BCUT2D eigenvalue weighted by Gasteiger charge is -2.47. The van der Waals surface area contributed by atoms with E-state index in [0.29, 0.717) is 25.2 Å². The summed E-state index contributed by atoms with van der Waals surface area (Å²) in [6.07, 6.45) is 1.99. The Labute approximate surface area is 193 Å². The largest absolute Gasteiger partial charge is 0.399 e. The number of nitrogen functional groups attached to an aromatic ring is 1. The minimum absolute atomic E-state index is 0.0828. The Kier molecular flexibility index (Phi) is 8.10. The van der Waals surface area contributed by atoms with E-state index in [1.165, 1.54) is 11.1 Å². The third kappa shape index (κ3) is 5.22. The topological polar surface area (TPSA) is 52.8 Å². The van der Waals surface area contributed by atoms with Gasteiger partial charge < -0.3 is 10.6 Å². The van der Waals surface area contributed by atoms with Crippen molar-refractivity contribution in [3.05, 3.63) is 77.9 Å². The molecular formula is C27H38N4O. The quantitative estimate of drug-likeness (QED) is 0.494. The van der Waals surface area contributed by atoms with Crippen molar-refractivity contribution in [2.45, 2.75) is 45.8 Å². The molecule has 2 N–H and O–H groups in total. The fraction of sp³-hybridized carbons (Fsp3) is 0.444. The fourth-order valence-corrected chi connectivity index (χ4v) is 4.81. The summed E-state index contributed by atoms with van der Waals surface area (Å²) in [5.74, 6) is 0.0853. The van der Waals surface area contributed by atoms with Crippen molar-refractivity contribution in [3.8, 4) is 0 Å². The monoisotopic (exact) mass is 434 g/mol. The highest BCUT2D eigenvalue weighted by Gasteiger charge is 2.34. The van der Waals surface area contributed by atoms with E-state index in [0.717, 1.165) is 30.9 Å². The Balaban J connectivity index is 1.96. The van der Waals surface area contributed by atoms with Gasteiger partial charge in [-0.05, 0) is 63.1 Å². The van der Waals surface area contributed by atoms with Gasteiger partial charge in [-0.3, -0.25) is 14.6 Å². The van der Waals surface area contributed by atoms with Crippen molar-refractivity contribution in [2.75, 3.05) is 38.5 Å². The van der Waals surface area contributed by atoms with Crippen LogP contribution in [0.15, 0.2) is 61.2 Å². The molecule has 1 amide bonds. The van der Waals surface area contributed by atoms with E-state index in [1.54, 1.807) is 0 Å². The number of amides is 1. The number of piperazine rings is 1. The summed E-state index contributed by atoms with van der Waals surface area (Å²) in [6.45, 7) is 16.8. The van der Waals surface area contributed by atoms with Crippen LogP contribution in [0, 0.1) is 0 Å². The van der Waals surface area contributed by atoms with Crippen LogP contribution in [0.3, 0.4) is 0 Å². The summed E-state index contributed by atoms with van der Waals surface area (Å²) in [6, 6.07) is 17.2. The highest BCUT2D eigenvalue weighted by atomic mass is 16.2. The first-order valence-corrected chi connectivity index (χ1v) is 11.7. The zero-order valence-electron chi connectivity index (χ0n) is 20.0. The summed E-state index contributed by atoms with van der Waals surface area (Å²) in [5, 5.41) is 0. The second kappa shape index (κ2) is 10.8. The van der Waals surface area contributed by atoms with Crippen LogP contribution < -0.4 is 5.73 Å². The number of carbonyl (C=O) groups is 1. The molecule has 1 aliphatic rings. The molecule has 5 heteroatoms. The lowest BCUT2D eigenvalue weighted by atomic mass is 9.92. The molecular weight excluding hydrogens is 396 g/mol. The van der Waals surface area contributed by atoms with Gasteiger partial charge in [0.15, 0.2) is 0 Å². The molecule has 3 unspecified atom stereocenters. The molecule has 32 heavy (non-hydrogen) atoms. The maximum absolute atomic E-state index is 12.8. The van der Waals surface area contributed by atoms with Gasteiger partial charge >= 0.3 is 0 Å². The van der Waals surface area contributed by atoms with Crippen molar-refractivity contribution < 1.29 is 4.79 Å². The van der Waals surface area contributed by atoms with E-state index in [1.807, 2.05) is 49.1 Å². The normalized spacial score (nSPS) is 20.6. The average Bonchev–Trinajstić information content (AvgIpc) is 2.78. The smallest absolute Gasteiger partial charge is 0.253 e. The predicted molar refractivity (Wildman–Crippen MR) is 134 cm³/mol. The number of hydrogen-bond donors (Lipinski definition) is 1. The van der Waals surface area contributed by atoms with Crippen LogP contribution in [0.2, 0.25) is 0 Å². The Morgan fingerprint density at radius 1 is 1.09 bits per heavy atom. The molecule has 3 atom stereocenters. The molecule has 3 rings (SSSR count). The van der Waals surface area contributed by atoms with Crippen LogP contribution >= 0.6 is 0 Å². The van der Waals surface area contributed by atoms with Gasteiger partial charge in [0.1, 0.15) is 0 Å². The molecule has 0 spiro atoms. The summed E-state index contributed by atoms with van der Waals surface area (Å²) in [7, 11) is 0. The Morgan fingerprint density at radius 2 is 1.78 bits per heavy atom. The molecule has 2 aromatic carbocycles. The van der Waals surface area contributed by atoms with E-state index >= 15 is 0 Å². The van der Waals surface area contributed by atoms with Crippen molar-refractivity contribution >= 4 is 11.6 Å². The van der Waals surface area contributed by atoms with E-state index in [-0.39, 0.29) is 11.9 Å². The van der Waals surface area contributed by atoms with Gasteiger partial charge in [-0.15, -0.1) is 6.58 Å². The second-order valence-electron chi connectivity index (χ2n) is 8.81. The van der Waals surface area contributed by atoms with Crippen molar-refractivity contribution in [2.24, 2.45) is 0 Å². The number of rotatable bonds is 8. The number of nitrogens with two attached hydrogens (primary N) is 1. The van der Waals surface area contributed by atoms with Crippen LogP contribution in [0.25, 0.3) is 0 Å². The van der Waals surface area contributed by atoms with E-state index in [9.17, 15) is 4.79 Å².